The van der Waals surface area contributed by atoms with E-state index in [4.69, 9.17) is 4.74 Å². The highest BCUT2D eigenvalue weighted by Crippen LogP contribution is 2.31. The summed E-state index contributed by atoms with van der Waals surface area (Å²) >= 11 is 0. The number of ether oxygens (including phenoxy) is 1. The van der Waals surface area contributed by atoms with Gasteiger partial charge in [-0.25, -0.2) is 18.7 Å². The Morgan fingerprint density at radius 1 is 1.35 bits per heavy atom. The van der Waals surface area contributed by atoms with Gasteiger partial charge in [-0.05, 0) is 36.8 Å². The van der Waals surface area contributed by atoms with Gasteiger partial charge in [0.2, 0.25) is 0 Å². The van der Waals surface area contributed by atoms with Gasteiger partial charge in [0, 0.05) is 6.54 Å². The molecule has 3 aromatic rings. The van der Waals surface area contributed by atoms with E-state index in [2.05, 4.69) is 10.1 Å². The molecule has 0 aliphatic carbocycles. The van der Waals surface area contributed by atoms with Crippen LogP contribution in [0.4, 0.5) is 10.2 Å². The van der Waals surface area contributed by atoms with Crippen molar-refractivity contribution in [2.45, 2.75) is 13.0 Å². The van der Waals surface area contributed by atoms with Gasteiger partial charge in [0.1, 0.15) is 5.82 Å². The van der Waals surface area contributed by atoms with Gasteiger partial charge in [-0.15, -0.1) is 5.10 Å². The van der Waals surface area contributed by atoms with Gasteiger partial charge in [-0.1, -0.05) is 24.3 Å². The maximum atomic E-state index is 13.6. The van der Waals surface area contributed by atoms with Crippen LogP contribution in [-0.2, 0) is 4.74 Å². The number of fused-ring (bicyclic) bond motifs is 1. The van der Waals surface area contributed by atoms with E-state index in [-0.39, 0.29) is 24.2 Å². The van der Waals surface area contributed by atoms with Crippen molar-refractivity contribution in [3.8, 4) is 0 Å². The van der Waals surface area contributed by atoms with Crippen molar-refractivity contribution in [1.82, 2.24) is 14.6 Å². The van der Waals surface area contributed by atoms with E-state index in [1.54, 1.807) is 19.1 Å². The number of aromatic nitrogens is 3. The lowest BCUT2D eigenvalue weighted by Gasteiger charge is -2.26. The molecule has 6 nitrogen and oxygen atoms in total. The number of halogens is 1. The lowest BCUT2D eigenvalue weighted by atomic mass is 10.1. The third-order valence-corrected chi connectivity index (χ3v) is 4.27. The molecule has 0 fully saturated rings. The number of esters is 1. The molecule has 0 saturated heterocycles. The first kappa shape index (κ1) is 16.3. The fraction of sp³-hybridized carbons (Fsp3) is 0.211. The van der Waals surface area contributed by atoms with Crippen LogP contribution in [0.5, 0.6) is 0 Å². The molecule has 0 bridgehead atoms. The summed E-state index contributed by atoms with van der Waals surface area (Å²) in [5.41, 5.74) is 1.68. The molecule has 2 aromatic heterocycles. The molecule has 4 rings (SSSR count). The largest absolute Gasteiger partial charge is 0.461 e. The molecular weight excluding hydrogens is 335 g/mol. The Morgan fingerprint density at radius 2 is 2.23 bits per heavy atom. The number of carbonyl (C=O) groups is 1. The van der Waals surface area contributed by atoms with Crippen LogP contribution >= 0.6 is 0 Å². The van der Waals surface area contributed by atoms with Crippen LogP contribution in [-0.4, -0.2) is 33.7 Å². The smallest absolute Gasteiger partial charge is 0.358 e. The Labute approximate surface area is 149 Å². The van der Waals surface area contributed by atoms with Crippen molar-refractivity contribution in [1.29, 1.82) is 0 Å². The molecule has 0 N–H and O–H groups in total. The molecule has 26 heavy (non-hydrogen) atoms. The summed E-state index contributed by atoms with van der Waals surface area (Å²) in [7, 11) is 0. The first-order chi connectivity index (χ1) is 12.7. The summed E-state index contributed by atoms with van der Waals surface area (Å²) in [6, 6.07) is 10.0. The SMILES string of the molecule is CCOC(=O)c1cnc2ccc(N3CC=CC3c3cccc(F)c3)nn12. The molecule has 0 amide bonds. The van der Waals surface area contributed by atoms with Crippen LogP contribution in [0, 0.1) is 5.82 Å². The average Bonchev–Trinajstić information content (AvgIpc) is 3.28. The molecule has 0 spiro atoms. The van der Waals surface area contributed by atoms with E-state index in [0.29, 0.717) is 18.0 Å². The van der Waals surface area contributed by atoms with E-state index in [1.807, 2.05) is 29.2 Å². The minimum absolute atomic E-state index is 0.120. The van der Waals surface area contributed by atoms with Gasteiger partial charge >= 0.3 is 5.97 Å². The molecule has 1 atom stereocenters. The number of imidazole rings is 1. The fourth-order valence-electron chi connectivity index (χ4n) is 3.10. The topological polar surface area (TPSA) is 59.7 Å². The third-order valence-electron chi connectivity index (χ3n) is 4.27. The molecular formula is C19H17FN4O2. The van der Waals surface area contributed by atoms with Gasteiger partial charge < -0.3 is 9.64 Å². The van der Waals surface area contributed by atoms with Crippen LogP contribution in [0.1, 0.15) is 29.0 Å². The zero-order valence-electron chi connectivity index (χ0n) is 14.2. The van der Waals surface area contributed by atoms with Crippen LogP contribution in [0.3, 0.4) is 0 Å². The molecule has 1 aliphatic rings. The van der Waals surface area contributed by atoms with E-state index in [9.17, 15) is 9.18 Å². The number of hydrogen-bond acceptors (Lipinski definition) is 5. The van der Waals surface area contributed by atoms with Crippen LogP contribution < -0.4 is 4.90 Å². The molecule has 1 aliphatic heterocycles. The lowest BCUT2D eigenvalue weighted by molar-refractivity contribution is 0.0517. The lowest BCUT2D eigenvalue weighted by Crippen LogP contribution is -2.25. The van der Waals surface area contributed by atoms with Gasteiger partial charge in [-0.2, -0.15) is 0 Å². The second kappa shape index (κ2) is 6.59. The van der Waals surface area contributed by atoms with E-state index < -0.39 is 5.97 Å². The highest BCUT2D eigenvalue weighted by atomic mass is 19.1. The van der Waals surface area contributed by atoms with Crippen LogP contribution in [0.15, 0.2) is 54.7 Å². The maximum absolute atomic E-state index is 13.6. The van der Waals surface area contributed by atoms with Gasteiger partial charge in [0.05, 0.1) is 18.8 Å². The average molecular weight is 352 g/mol. The highest BCUT2D eigenvalue weighted by molar-refractivity contribution is 5.88. The second-order valence-corrected chi connectivity index (χ2v) is 5.91. The summed E-state index contributed by atoms with van der Waals surface area (Å²) in [5, 5.41) is 4.56. The summed E-state index contributed by atoms with van der Waals surface area (Å²) in [6.07, 6.45) is 5.48. The van der Waals surface area contributed by atoms with Crippen molar-refractivity contribution in [2.24, 2.45) is 0 Å². The first-order valence-electron chi connectivity index (χ1n) is 8.38. The standard InChI is InChI=1S/C19H17FN4O2/c1-2-26-19(25)16-12-21-17-8-9-18(22-24(16)17)23-10-4-7-15(23)13-5-3-6-14(20)11-13/h3-9,11-12,15H,2,10H2,1H3. The quantitative estimate of drug-likeness (QED) is 0.533. The molecule has 0 radical (unpaired) electrons. The number of anilines is 1. The molecule has 0 saturated carbocycles. The summed E-state index contributed by atoms with van der Waals surface area (Å²) in [4.78, 5) is 18.3. The summed E-state index contributed by atoms with van der Waals surface area (Å²) in [6.45, 7) is 2.67. The predicted octanol–water partition coefficient (Wildman–Crippen LogP) is 3.16. The van der Waals surface area contributed by atoms with E-state index in [1.165, 1.54) is 22.8 Å². The molecule has 132 valence electrons. The van der Waals surface area contributed by atoms with E-state index >= 15 is 0 Å². The number of hydrogen-bond donors (Lipinski definition) is 0. The summed E-state index contributed by atoms with van der Waals surface area (Å²) in [5.74, 6) is -0.0726. The Kier molecular flexibility index (Phi) is 4.12. The number of benzene rings is 1. The Bertz CT molecular complexity index is 998. The van der Waals surface area contributed by atoms with Crippen LogP contribution in [0.25, 0.3) is 5.65 Å². The highest BCUT2D eigenvalue weighted by Gasteiger charge is 2.24. The van der Waals surface area contributed by atoms with Crippen molar-refractivity contribution in [3.05, 3.63) is 71.8 Å². The van der Waals surface area contributed by atoms with Gasteiger partial charge in [0.15, 0.2) is 17.2 Å². The zero-order chi connectivity index (χ0) is 18.1. The Hall–Kier alpha value is -3.22. The fourth-order valence-corrected chi connectivity index (χ4v) is 3.10. The summed E-state index contributed by atoms with van der Waals surface area (Å²) < 4.78 is 20.1. The van der Waals surface area contributed by atoms with Crippen molar-refractivity contribution < 1.29 is 13.9 Å². The van der Waals surface area contributed by atoms with Crippen molar-refractivity contribution >= 4 is 17.4 Å². The number of nitrogens with zero attached hydrogens (tertiary/aromatic N) is 4. The second-order valence-electron chi connectivity index (χ2n) is 5.91. The number of rotatable bonds is 4. The van der Waals surface area contributed by atoms with Crippen molar-refractivity contribution in [2.75, 3.05) is 18.1 Å². The Balaban J connectivity index is 1.72. The molecule has 1 aromatic carbocycles. The molecule has 1 unspecified atom stereocenters. The number of carbonyl (C=O) groups excluding carboxylic acids is 1. The first-order valence-corrected chi connectivity index (χ1v) is 8.38. The van der Waals surface area contributed by atoms with Crippen molar-refractivity contribution in [3.63, 3.8) is 0 Å². The molecule has 7 heteroatoms. The normalized spacial score (nSPS) is 16.4. The van der Waals surface area contributed by atoms with E-state index in [0.717, 1.165) is 5.56 Å². The molecule has 3 heterocycles. The minimum atomic E-state index is -0.467. The third kappa shape index (κ3) is 2.81. The maximum Gasteiger partial charge on any atom is 0.358 e. The zero-order valence-corrected chi connectivity index (χ0v) is 14.2. The Morgan fingerprint density at radius 3 is 3.04 bits per heavy atom. The minimum Gasteiger partial charge on any atom is -0.461 e. The van der Waals surface area contributed by atoms with Crippen LogP contribution in [0.2, 0.25) is 0 Å². The monoisotopic (exact) mass is 352 g/mol. The van der Waals surface area contributed by atoms with Gasteiger partial charge in [-0.3, -0.25) is 0 Å². The predicted molar refractivity (Wildman–Crippen MR) is 94.6 cm³/mol. The van der Waals surface area contributed by atoms with Gasteiger partial charge in [0.25, 0.3) is 0 Å².